The number of nitrogens with zero attached hydrogens (tertiary/aromatic N) is 3. The second kappa shape index (κ2) is 5.11. The monoisotopic (exact) mass is 272 g/mol. The van der Waals surface area contributed by atoms with Gasteiger partial charge in [-0.3, -0.25) is 9.38 Å². The summed E-state index contributed by atoms with van der Waals surface area (Å²) in [5.41, 5.74) is 4.85. The van der Waals surface area contributed by atoms with E-state index in [0.717, 1.165) is 23.7 Å². The van der Waals surface area contributed by atoms with Crippen molar-refractivity contribution in [3.8, 4) is 0 Å². The summed E-state index contributed by atoms with van der Waals surface area (Å²) in [5.74, 6) is 0. The van der Waals surface area contributed by atoms with E-state index >= 15 is 0 Å². The van der Waals surface area contributed by atoms with Crippen LogP contribution in [0.3, 0.4) is 0 Å². The van der Waals surface area contributed by atoms with Gasteiger partial charge in [0.2, 0.25) is 0 Å². The minimum absolute atomic E-state index is 0.825. The van der Waals surface area contributed by atoms with Gasteiger partial charge in [-0.2, -0.15) is 0 Å². The van der Waals surface area contributed by atoms with E-state index in [9.17, 15) is 0 Å². The van der Waals surface area contributed by atoms with Crippen LogP contribution in [0.4, 0.5) is 0 Å². The topological polar surface area (TPSA) is 42.2 Å². The Balaban J connectivity index is 1.71. The van der Waals surface area contributed by atoms with Crippen LogP contribution in [-0.4, -0.2) is 14.4 Å². The van der Waals surface area contributed by atoms with E-state index < -0.39 is 0 Å². The van der Waals surface area contributed by atoms with E-state index in [1.165, 1.54) is 16.8 Å². The fourth-order valence-electron chi connectivity index (χ4n) is 2.17. The smallest absolute Gasteiger partial charge is 0.194 e. The molecule has 1 N–H and O–H groups in total. The van der Waals surface area contributed by atoms with Crippen LogP contribution in [0.1, 0.15) is 22.5 Å². The molecule has 0 saturated heterocycles. The predicted octanol–water partition coefficient (Wildman–Crippen LogP) is 2.70. The Kier molecular flexibility index (Phi) is 3.31. The molecule has 0 aliphatic carbocycles. The second-order valence-electron chi connectivity index (χ2n) is 4.61. The first kappa shape index (κ1) is 12.3. The molecule has 0 aliphatic rings. The molecule has 0 saturated carbocycles. The average molecular weight is 272 g/mol. The lowest BCUT2D eigenvalue weighted by Gasteiger charge is -2.07. The number of rotatable bonds is 4. The molecule has 0 atom stereocenters. The Morgan fingerprint density at radius 2 is 2.21 bits per heavy atom. The van der Waals surface area contributed by atoms with Crippen LogP contribution in [0.5, 0.6) is 0 Å². The molecule has 3 aromatic heterocycles. The number of fused-ring (bicyclic) bond motifs is 1. The van der Waals surface area contributed by atoms with E-state index in [-0.39, 0.29) is 0 Å². The normalized spacial score (nSPS) is 11.3. The van der Waals surface area contributed by atoms with Crippen LogP contribution in [0.25, 0.3) is 4.96 Å². The fraction of sp³-hybridized carbons (Fsp3) is 0.286. The molecule has 5 heteroatoms. The van der Waals surface area contributed by atoms with Crippen LogP contribution >= 0.6 is 11.3 Å². The van der Waals surface area contributed by atoms with Gasteiger partial charge < -0.3 is 5.32 Å². The van der Waals surface area contributed by atoms with Gasteiger partial charge in [-0.15, -0.1) is 11.3 Å². The predicted molar refractivity (Wildman–Crippen MR) is 77.3 cm³/mol. The molecule has 0 bridgehead atoms. The Morgan fingerprint density at radius 1 is 1.32 bits per heavy atom. The fourth-order valence-corrected chi connectivity index (χ4v) is 2.95. The third-order valence-electron chi connectivity index (χ3n) is 3.31. The highest BCUT2D eigenvalue weighted by atomic mass is 32.1. The summed E-state index contributed by atoms with van der Waals surface area (Å²) in [4.78, 5) is 9.72. The summed E-state index contributed by atoms with van der Waals surface area (Å²) in [6, 6.07) is 2.06. The van der Waals surface area contributed by atoms with Gasteiger partial charge in [0.25, 0.3) is 0 Å². The zero-order valence-corrected chi connectivity index (χ0v) is 11.9. The second-order valence-corrected chi connectivity index (χ2v) is 5.48. The molecule has 19 heavy (non-hydrogen) atoms. The van der Waals surface area contributed by atoms with Gasteiger partial charge in [-0.1, -0.05) is 0 Å². The van der Waals surface area contributed by atoms with E-state index in [4.69, 9.17) is 0 Å². The van der Waals surface area contributed by atoms with Crippen LogP contribution in [0.15, 0.2) is 30.0 Å². The molecular weight excluding hydrogens is 256 g/mol. The third-order valence-corrected chi connectivity index (χ3v) is 4.06. The first-order valence-electron chi connectivity index (χ1n) is 6.27. The van der Waals surface area contributed by atoms with Gasteiger partial charge >= 0.3 is 0 Å². The molecule has 3 aromatic rings. The van der Waals surface area contributed by atoms with Crippen molar-refractivity contribution >= 4 is 16.3 Å². The number of hydrogen-bond donors (Lipinski definition) is 1. The number of nitrogens with one attached hydrogen (secondary N) is 1. The Bertz CT molecular complexity index is 698. The zero-order chi connectivity index (χ0) is 13.2. The minimum Gasteiger partial charge on any atom is -0.307 e. The number of hydrogen-bond acceptors (Lipinski definition) is 4. The van der Waals surface area contributed by atoms with Crippen LogP contribution in [0, 0.1) is 13.8 Å². The lowest BCUT2D eigenvalue weighted by Crippen LogP contribution is -2.15. The van der Waals surface area contributed by atoms with Crippen molar-refractivity contribution in [1.82, 2.24) is 19.7 Å². The summed E-state index contributed by atoms with van der Waals surface area (Å²) in [6.07, 6.45) is 5.82. The highest BCUT2D eigenvalue weighted by molar-refractivity contribution is 7.15. The Hall–Kier alpha value is -1.72. The van der Waals surface area contributed by atoms with Crippen molar-refractivity contribution in [3.63, 3.8) is 0 Å². The molecule has 3 rings (SSSR count). The molecule has 0 amide bonds. The molecule has 0 aliphatic heterocycles. The number of thiazole rings is 1. The molecule has 0 spiro atoms. The van der Waals surface area contributed by atoms with Crippen LogP contribution < -0.4 is 5.32 Å². The quantitative estimate of drug-likeness (QED) is 0.794. The van der Waals surface area contributed by atoms with Gasteiger partial charge in [0, 0.05) is 37.1 Å². The molecular formula is C14H16N4S. The first-order chi connectivity index (χ1) is 9.25. The molecule has 4 nitrogen and oxygen atoms in total. The van der Waals surface area contributed by atoms with Crippen molar-refractivity contribution in [3.05, 3.63) is 52.6 Å². The number of pyridine rings is 1. The summed E-state index contributed by atoms with van der Waals surface area (Å²) < 4.78 is 2.16. The van der Waals surface area contributed by atoms with Crippen LogP contribution in [-0.2, 0) is 13.1 Å². The number of aromatic nitrogens is 3. The Labute approximate surface area is 116 Å². The highest BCUT2D eigenvalue weighted by Crippen LogP contribution is 2.16. The van der Waals surface area contributed by atoms with Gasteiger partial charge in [0.05, 0.1) is 11.4 Å². The van der Waals surface area contributed by atoms with Gasteiger partial charge in [-0.05, 0) is 31.0 Å². The maximum absolute atomic E-state index is 4.55. The number of aryl methyl sites for hydroxylation is 2. The van der Waals surface area contributed by atoms with Crippen molar-refractivity contribution in [2.75, 3.05) is 0 Å². The summed E-state index contributed by atoms with van der Waals surface area (Å²) in [5, 5.41) is 5.55. The van der Waals surface area contributed by atoms with Crippen LogP contribution in [0.2, 0.25) is 0 Å². The molecule has 0 aromatic carbocycles. The Morgan fingerprint density at radius 3 is 3.05 bits per heavy atom. The maximum Gasteiger partial charge on any atom is 0.194 e. The largest absolute Gasteiger partial charge is 0.307 e. The first-order valence-corrected chi connectivity index (χ1v) is 7.15. The van der Waals surface area contributed by atoms with E-state index in [1.807, 2.05) is 12.4 Å². The lowest BCUT2D eigenvalue weighted by atomic mass is 10.1. The van der Waals surface area contributed by atoms with Gasteiger partial charge in [0.15, 0.2) is 4.96 Å². The van der Waals surface area contributed by atoms with E-state index in [1.54, 1.807) is 11.3 Å². The maximum atomic E-state index is 4.55. The van der Waals surface area contributed by atoms with Crippen molar-refractivity contribution in [1.29, 1.82) is 0 Å². The SMILES string of the molecule is Cc1cnccc1CNCc1c(C)nc2sccn12. The van der Waals surface area contributed by atoms with Crippen molar-refractivity contribution in [2.24, 2.45) is 0 Å². The summed E-state index contributed by atoms with van der Waals surface area (Å²) in [7, 11) is 0. The minimum atomic E-state index is 0.825. The number of imidazole rings is 1. The van der Waals surface area contributed by atoms with Gasteiger partial charge in [0.1, 0.15) is 0 Å². The zero-order valence-electron chi connectivity index (χ0n) is 11.1. The standard InChI is InChI=1S/C14H16N4S/c1-10-7-15-4-3-12(10)8-16-9-13-11(2)17-14-18(13)5-6-19-14/h3-7,16H,8-9H2,1-2H3. The van der Waals surface area contributed by atoms with E-state index in [2.05, 4.69) is 51.2 Å². The average Bonchev–Trinajstić information content (AvgIpc) is 2.94. The molecule has 98 valence electrons. The summed E-state index contributed by atoms with van der Waals surface area (Å²) in [6.45, 7) is 5.83. The van der Waals surface area contributed by atoms with Gasteiger partial charge in [-0.25, -0.2) is 4.98 Å². The molecule has 0 radical (unpaired) electrons. The molecule has 0 fully saturated rings. The summed E-state index contributed by atoms with van der Waals surface area (Å²) >= 11 is 1.67. The van der Waals surface area contributed by atoms with Crippen molar-refractivity contribution < 1.29 is 0 Å². The molecule has 0 unspecified atom stereocenters. The molecule has 3 heterocycles. The third kappa shape index (κ3) is 2.39. The van der Waals surface area contributed by atoms with Crippen molar-refractivity contribution in [2.45, 2.75) is 26.9 Å². The lowest BCUT2D eigenvalue weighted by molar-refractivity contribution is 0.669. The highest BCUT2D eigenvalue weighted by Gasteiger charge is 2.08. The van der Waals surface area contributed by atoms with E-state index in [0.29, 0.717) is 0 Å².